The number of aromatic nitrogens is 2. The Bertz CT molecular complexity index is 668. The van der Waals surface area contributed by atoms with E-state index in [1.807, 2.05) is 26.0 Å². The minimum absolute atomic E-state index is 0.0755. The second-order valence-electron chi connectivity index (χ2n) is 4.70. The molecule has 106 valence electrons. The lowest BCUT2D eigenvalue weighted by molar-refractivity contribution is 0.242. The molecule has 0 spiro atoms. The molecule has 1 aromatic heterocycles. The number of aryl methyl sites for hydroxylation is 1. The summed E-state index contributed by atoms with van der Waals surface area (Å²) in [6, 6.07) is 6.93. The fraction of sp³-hybridized carbons (Fsp3) is 0.286. The van der Waals surface area contributed by atoms with Gasteiger partial charge in [-0.25, -0.2) is 4.98 Å². The van der Waals surface area contributed by atoms with Crippen molar-refractivity contribution < 1.29 is 4.74 Å². The summed E-state index contributed by atoms with van der Waals surface area (Å²) in [7, 11) is 0. The van der Waals surface area contributed by atoms with Crippen LogP contribution in [0.5, 0.6) is 5.75 Å². The zero-order valence-corrected chi connectivity index (χ0v) is 12.5. The number of nitrogen functional groups attached to an aromatic ring is 1. The third-order valence-corrected chi connectivity index (χ3v) is 3.19. The molecule has 20 heavy (non-hydrogen) atoms. The first-order chi connectivity index (χ1) is 9.42. The molecule has 6 heteroatoms. The van der Waals surface area contributed by atoms with E-state index in [0.29, 0.717) is 22.3 Å². The average Bonchev–Trinajstić information content (AvgIpc) is 2.24. The van der Waals surface area contributed by atoms with Crippen molar-refractivity contribution >= 4 is 17.4 Å². The van der Waals surface area contributed by atoms with Gasteiger partial charge in [-0.1, -0.05) is 11.8 Å². The van der Waals surface area contributed by atoms with E-state index < -0.39 is 0 Å². The molecule has 0 aliphatic heterocycles. The van der Waals surface area contributed by atoms with Crippen LogP contribution in [0.25, 0.3) is 0 Å². The second-order valence-corrected chi connectivity index (χ2v) is 5.76. The van der Waals surface area contributed by atoms with Crippen LogP contribution in [0.3, 0.4) is 0 Å². The number of anilines is 1. The number of ether oxygens (including phenoxy) is 1. The summed E-state index contributed by atoms with van der Waals surface area (Å²) in [5, 5.41) is 0.538. The molecule has 0 bridgehead atoms. The molecule has 0 amide bonds. The molecule has 0 fully saturated rings. The Balaban J connectivity index is 2.28. The highest BCUT2D eigenvalue weighted by Gasteiger charge is 2.06. The lowest BCUT2D eigenvalue weighted by atomic mass is 10.3. The standard InChI is InChI=1S/C14H17N3O2S/c1-8(2)19-11-5-10(15)6-12(7-11)20-14-16-9(3)4-13(18)17-14/h4-8H,15H2,1-3H3,(H,16,17,18). The number of aromatic amines is 1. The molecule has 3 N–H and O–H groups in total. The van der Waals surface area contributed by atoms with Gasteiger partial charge in [-0.3, -0.25) is 4.79 Å². The maximum Gasteiger partial charge on any atom is 0.251 e. The normalized spacial score (nSPS) is 10.8. The molecular weight excluding hydrogens is 274 g/mol. The van der Waals surface area contributed by atoms with Crippen molar-refractivity contribution in [1.29, 1.82) is 0 Å². The first kappa shape index (κ1) is 14.5. The minimum atomic E-state index is -0.164. The van der Waals surface area contributed by atoms with E-state index in [1.54, 1.807) is 13.0 Å². The third-order valence-electron chi connectivity index (χ3n) is 2.34. The average molecular weight is 291 g/mol. The third kappa shape index (κ3) is 4.03. The van der Waals surface area contributed by atoms with Gasteiger partial charge < -0.3 is 15.5 Å². The Kier molecular flexibility index (Phi) is 4.34. The molecule has 0 saturated carbocycles. The first-order valence-electron chi connectivity index (χ1n) is 6.25. The van der Waals surface area contributed by atoms with Crippen molar-refractivity contribution in [2.75, 3.05) is 5.73 Å². The largest absolute Gasteiger partial charge is 0.491 e. The summed E-state index contributed by atoms with van der Waals surface area (Å²) < 4.78 is 5.64. The predicted octanol–water partition coefficient (Wildman–Crippen LogP) is 2.60. The van der Waals surface area contributed by atoms with Crippen LogP contribution in [0.2, 0.25) is 0 Å². The molecule has 0 atom stereocenters. The number of nitrogens with two attached hydrogens (primary N) is 1. The van der Waals surface area contributed by atoms with Crippen molar-refractivity contribution in [1.82, 2.24) is 9.97 Å². The van der Waals surface area contributed by atoms with E-state index >= 15 is 0 Å². The van der Waals surface area contributed by atoms with Crippen molar-refractivity contribution in [3.8, 4) is 5.75 Å². The maximum absolute atomic E-state index is 11.4. The van der Waals surface area contributed by atoms with Gasteiger partial charge in [0.15, 0.2) is 5.16 Å². The SMILES string of the molecule is Cc1cc(=O)[nH]c(Sc2cc(N)cc(OC(C)C)c2)n1. The van der Waals surface area contributed by atoms with Gasteiger partial charge in [0.2, 0.25) is 0 Å². The van der Waals surface area contributed by atoms with Gasteiger partial charge >= 0.3 is 0 Å². The zero-order chi connectivity index (χ0) is 14.7. The summed E-state index contributed by atoms with van der Waals surface area (Å²) in [4.78, 5) is 19.3. The van der Waals surface area contributed by atoms with E-state index in [0.717, 1.165) is 4.90 Å². The first-order valence-corrected chi connectivity index (χ1v) is 7.07. The summed E-state index contributed by atoms with van der Waals surface area (Å²) in [6.07, 6.45) is 0.0755. The molecular formula is C14H17N3O2S. The smallest absolute Gasteiger partial charge is 0.251 e. The van der Waals surface area contributed by atoms with E-state index in [1.165, 1.54) is 17.8 Å². The van der Waals surface area contributed by atoms with Gasteiger partial charge in [-0.05, 0) is 32.9 Å². The number of nitrogens with zero attached hydrogens (tertiary/aromatic N) is 1. The van der Waals surface area contributed by atoms with Crippen LogP contribution in [0.1, 0.15) is 19.5 Å². The van der Waals surface area contributed by atoms with Gasteiger partial charge in [-0.2, -0.15) is 0 Å². The van der Waals surface area contributed by atoms with Crippen LogP contribution in [0.4, 0.5) is 5.69 Å². The summed E-state index contributed by atoms with van der Waals surface area (Å²) in [6.45, 7) is 5.69. The van der Waals surface area contributed by atoms with Gasteiger partial charge in [0.25, 0.3) is 5.56 Å². The number of benzene rings is 1. The van der Waals surface area contributed by atoms with Crippen molar-refractivity contribution in [2.45, 2.75) is 36.9 Å². The van der Waals surface area contributed by atoms with E-state index in [4.69, 9.17) is 10.5 Å². The lowest BCUT2D eigenvalue weighted by Crippen LogP contribution is -2.08. The summed E-state index contributed by atoms with van der Waals surface area (Å²) >= 11 is 1.34. The van der Waals surface area contributed by atoms with Crippen LogP contribution in [0.15, 0.2) is 39.1 Å². The fourth-order valence-electron chi connectivity index (χ4n) is 1.70. The molecule has 0 radical (unpaired) electrons. The molecule has 2 rings (SSSR count). The van der Waals surface area contributed by atoms with Crippen LogP contribution >= 0.6 is 11.8 Å². The summed E-state index contributed by atoms with van der Waals surface area (Å²) in [5.74, 6) is 0.706. The lowest BCUT2D eigenvalue weighted by Gasteiger charge is -2.11. The van der Waals surface area contributed by atoms with E-state index in [2.05, 4.69) is 9.97 Å². The quantitative estimate of drug-likeness (QED) is 0.668. The van der Waals surface area contributed by atoms with Gasteiger partial charge in [-0.15, -0.1) is 0 Å². The van der Waals surface area contributed by atoms with Crippen molar-refractivity contribution in [2.24, 2.45) is 0 Å². The Morgan fingerprint density at radius 3 is 2.70 bits per heavy atom. The van der Waals surface area contributed by atoms with Crippen LogP contribution < -0.4 is 16.0 Å². The fourth-order valence-corrected chi connectivity index (χ4v) is 2.64. The number of hydrogen-bond acceptors (Lipinski definition) is 5. The number of hydrogen-bond donors (Lipinski definition) is 2. The Hall–Kier alpha value is -1.95. The second kappa shape index (κ2) is 6.00. The molecule has 2 aromatic rings. The molecule has 0 unspecified atom stereocenters. The topological polar surface area (TPSA) is 81.0 Å². The Morgan fingerprint density at radius 2 is 2.05 bits per heavy atom. The zero-order valence-electron chi connectivity index (χ0n) is 11.6. The van der Waals surface area contributed by atoms with Crippen LogP contribution in [-0.4, -0.2) is 16.1 Å². The monoisotopic (exact) mass is 291 g/mol. The van der Waals surface area contributed by atoms with Gasteiger partial charge in [0, 0.05) is 28.4 Å². The van der Waals surface area contributed by atoms with Crippen LogP contribution in [0, 0.1) is 6.92 Å². The number of H-pyrrole nitrogens is 1. The maximum atomic E-state index is 11.4. The molecule has 1 heterocycles. The van der Waals surface area contributed by atoms with Crippen molar-refractivity contribution in [3.05, 3.63) is 40.3 Å². The molecule has 0 saturated heterocycles. The molecule has 0 aliphatic rings. The number of nitrogens with one attached hydrogen (secondary N) is 1. The van der Waals surface area contributed by atoms with Gasteiger partial charge in [0.1, 0.15) is 5.75 Å². The van der Waals surface area contributed by atoms with Gasteiger partial charge in [0.05, 0.1) is 6.10 Å². The molecule has 5 nitrogen and oxygen atoms in total. The number of rotatable bonds is 4. The highest BCUT2D eigenvalue weighted by Crippen LogP contribution is 2.30. The predicted molar refractivity (Wildman–Crippen MR) is 80.3 cm³/mol. The Labute approximate surface area is 121 Å². The minimum Gasteiger partial charge on any atom is -0.491 e. The van der Waals surface area contributed by atoms with E-state index in [9.17, 15) is 4.79 Å². The molecule has 1 aromatic carbocycles. The highest BCUT2D eigenvalue weighted by atomic mass is 32.2. The van der Waals surface area contributed by atoms with Crippen molar-refractivity contribution in [3.63, 3.8) is 0 Å². The Morgan fingerprint density at radius 1 is 1.30 bits per heavy atom. The molecule has 0 aliphatic carbocycles. The van der Waals surface area contributed by atoms with Crippen LogP contribution in [-0.2, 0) is 0 Å². The van der Waals surface area contributed by atoms with E-state index in [-0.39, 0.29) is 11.7 Å². The highest BCUT2D eigenvalue weighted by molar-refractivity contribution is 7.99. The summed E-state index contributed by atoms with van der Waals surface area (Å²) in [5.41, 5.74) is 6.99.